The van der Waals surface area contributed by atoms with E-state index < -0.39 is 10.0 Å². The van der Waals surface area contributed by atoms with Crippen molar-refractivity contribution in [3.8, 4) is 0 Å². The van der Waals surface area contributed by atoms with E-state index in [1.807, 2.05) is 12.1 Å². The summed E-state index contributed by atoms with van der Waals surface area (Å²) in [5, 5.41) is 3.55. The average molecular weight is 308 g/mol. The Balaban J connectivity index is 1.63. The monoisotopic (exact) mass is 308 g/mol. The van der Waals surface area contributed by atoms with E-state index in [9.17, 15) is 8.42 Å². The zero-order valence-electron chi connectivity index (χ0n) is 12.4. The Labute approximate surface area is 127 Å². The average Bonchev–Trinajstić information content (AvgIpc) is 3.19. The molecule has 1 aliphatic heterocycles. The summed E-state index contributed by atoms with van der Waals surface area (Å²) >= 11 is 0. The summed E-state index contributed by atoms with van der Waals surface area (Å²) in [5.41, 5.74) is 1.15. The Morgan fingerprint density at radius 3 is 2.24 bits per heavy atom. The molecule has 1 aliphatic carbocycles. The van der Waals surface area contributed by atoms with Gasteiger partial charge in [-0.3, -0.25) is 0 Å². The van der Waals surface area contributed by atoms with Crippen molar-refractivity contribution in [2.75, 3.05) is 13.1 Å². The molecule has 1 aromatic rings. The molecule has 2 aliphatic rings. The van der Waals surface area contributed by atoms with Crippen LogP contribution < -0.4 is 5.32 Å². The van der Waals surface area contributed by atoms with Gasteiger partial charge in [0, 0.05) is 25.7 Å². The lowest BCUT2D eigenvalue weighted by Crippen LogP contribution is -2.28. The summed E-state index contributed by atoms with van der Waals surface area (Å²) in [5.74, 6) is 0. The summed E-state index contributed by atoms with van der Waals surface area (Å²) < 4.78 is 26.4. The molecule has 0 atom stereocenters. The van der Waals surface area contributed by atoms with Gasteiger partial charge >= 0.3 is 0 Å². The van der Waals surface area contributed by atoms with Crippen LogP contribution in [0.4, 0.5) is 0 Å². The molecule has 1 aromatic carbocycles. The van der Waals surface area contributed by atoms with Crippen molar-refractivity contribution in [3.05, 3.63) is 29.8 Å². The highest BCUT2D eigenvalue weighted by molar-refractivity contribution is 7.89. The van der Waals surface area contributed by atoms with Gasteiger partial charge in [0.05, 0.1) is 4.90 Å². The van der Waals surface area contributed by atoms with Gasteiger partial charge in [0.2, 0.25) is 10.0 Å². The van der Waals surface area contributed by atoms with Crippen molar-refractivity contribution >= 4 is 10.0 Å². The van der Waals surface area contributed by atoms with Gasteiger partial charge in [-0.15, -0.1) is 0 Å². The van der Waals surface area contributed by atoms with Gasteiger partial charge in [-0.2, -0.15) is 4.31 Å². The van der Waals surface area contributed by atoms with E-state index in [4.69, 9.17) is 0 Å². The Morgan fingerprint density at radius 1 is 1.00 bits per heavy atom. The predicted molar refractivity (Wildman–Crippen MR) is 83.5 cm³/mol. The molecule has 116 valence electrons. The second kappa shape index (κ2) is 6.46. The fourth-order valence-corrected chi connectivity index (χ4v) is 4.77. The van der Waals surface area contributed by atoms with Crippen molar-refractivity contribution < 1.29 is 8.42 Å². The quantitative estimate of drug-likeness (QED) is 0.909. The van der Waals surface area contributed by atoms with Gasteiger partial charge in [-0.05, 0) is 43.4 Å². The van der Waals surface area contributed by atoms with E-state index in [1.165, 1.54) is 25.7 Å². The molecule has 0 aromatic heterocycles. The zero-order valence-corrected chi connectivity index (χ0v) is 13.2. The maximum atomic E-state index is 12.4. The van der Waals surface area contributed by atoms with Crippen LogP contribution in [0.15, 0.2) is 29.2 Å². The van der Waals surface area contributed by atoms with E-state index in [1.54, 1.807) is 16.4 Å². The van der Waals surface area contributed by atoms with E-state index in [0.29, 0.717) is 24.0 Å². The molecule has 1 saturated carbocycles. The van der Waals surface area contributed by atoms with Crippen molar-refractivity contribution in [2.24, 2.45) is 0 Å². The molecule has 0 amide bonds. The van der Waals surface area contributed by atoms with Crippen molar-refractivity contribution in [1.82, 2.24) is 9.62 Å². The lowest BCUT2D eigenvalue weighted by Gasteiger charge is -2.16. The Kier molecular flexibility index (Phi) is 4.62. The maximum Gasteiger partial charge on any atom is 0.243 e. The molecule has 0 bridgehead atoms. The highest BCUT2D eigenvalue weighted by Crippen LogP contribution is 2.21. The zero-order chi connectivity index (χ0) is 14.7. The van der Waals surface area contributed by atoms with Crippen LogP contribution in [-0.2, 0) is 16.6 Å². The SMILES string of the molecule is O=S(=O)(c1ccc(CNC2CCCC2)cc1)N1CCCC1. The second-order valence-electron chi connectivity index (χ2n) is 6.12. The van der Waals surface area contributed by atoms with Gasteiger partial charge < -0.3 is 5.32 Å². The third-order valence-corrected chi connectivity index (χ3v) is 6.49. The van der Waals surface area contributed by atoms with Crippen LogP contribution in [0.1, 0.15) is 44.1 Å². The minimum atomic E-state index is -3.27. The third-order valence-electron chi connectivity index (χ3n) is 4.58. The highest BCUT2D eigenvalue weighted by atomic mass is 32.2. The number of hydrogen-bond donors (Lipinski definition) is 1. The van der Waals surface area contributed by atoms with Gasteiger partial charge in [-0.1, -0.05) is 25.0 Å². The Bertz CT molecular complexity index is 556. The van der Waals surface area contributed by atoms with Crippen LogP contribution >= 0.6 is 0 Å². The number of sulfonamides is 1. The molecule has 1 saturated heterocycles. The smallest absolute Gasteiger partial charge is 0.243 e. The first kappa shape index (κ1) is 15.0. The molecule has 0 unspecified atom stereocenters. The van der Waals surface area contributed by atoms with E-state index in [-0.39, 0.29) is 0 Å². The molecule has 0 spiro atoms. The summed E-state index contributed by atoms with van der Waals surface area (Å²) in [6.45, 7) is 2.15. The molecule has 1 heterocycles. The van der Waals surface area contributed by atoms with Gasteiger partial charge in [0.1, 0.15) is 0 Å². The molecule has 5 heteroatoms. The fraction of sp³-hybridized carbons (Fsp3) is 0.625. The predicted octanol–water partition coefficient (Wildman–Crippen LogP) is 2.50. The van der Waals surface area contributed by atoms with Crippen LogP contribution in [0.2, 0.25) is 0 Å². The van der Waals surface area contributed by atoms with E-state index in [2.05, 4.69) is 5.32 Å². The standard InChI is InChI=1S/C16H24N2O2S/c19-21(20,18-11-3-4-12-18)16-9-7-14(8-10-16)13-17-15-5-1-2-6-15/h7-10,15,17H,1-6,11-13H2. The minimum absolute atomic E-state index is 0.425. The lowest BCUT2D eigenvalue weighted by atomic mass is 10.2. The normalized spacial score (nSPS) is 21.1. The molecule has 2 fully saturated rings. The number of hydrogen-bond acceptors (Lipinski definition) is 3. The lowest BCUT2D eigenvalue weighted by molar-refractivity contribution is 0.477. The number of nitrogens with zero attached hydrogens (tertiary/aromatic N) is 1. The molecule has 21 heavy (non-hydrogen) atoms. The molecule has 3 rings (SSSR count). The first-order chi connectivity index (χ1) is 10.2. The third kappa shape index (κ3) is 3.47. The summed E-state index contributed by atoms with van der Waals surface area (Å²) in [6.07, 6.45) is 7.13. The van der Waals surface area contributed by atoms with Crippen molar-refractivity contribution in [3.63, 3.8) is 0 Å². The topological polar surface area (TPSA) is 49.4 Å². The minimum Gasteiger partial charge on any atom is -0.310 e. The molecule has 1 N–H and O–H groups in total. The van der Waals surface area contributed by atoms with Crippen LogP contribution in [0.5, 0.6) is 0 Å². The Morgan fingerprint density at radius 2 is 1.62 bits per heavy atom. The highest BCUT2D eigenvalue weighted by Gasteiger charge is 2.26. The van der Waals surface area contributed by atoms with Crippen LogP contribution in [0.3, 0.4) is 0 Å². The number of rotatable bonds is 5. The number of nitrogens with one attached hydrogen (secondary N) is 1. The van der Waals surface area contributed by atoms with Gasteiger partial charge in [-0.25, -0.2) is 8.42 Å². The van der Waals surface area contributed by atoms with Crippen molar-refractivity contribution in [1.29, 1.82) is 0 Å². The molecular weight excluding hydrogens is 284 g/mol. The molecule has 0 radical (unpaired) electrons. The summed E-state index contributed by atoms with van der Waals surface area (Å²) in [4.78, 5) is 0.425. The summed E-state index contributed by atoms with van der Waals surface area (Å²) in [6, 6.07) is 8.01. The van der Waals surface area contributed by atoms with Gasteiger partial charge in [0.15, 0.2) is 0 Å². The van der Waals surface area contributed by atoms with E-state index in [0.717, 1.165) is 24.9 Å². The second-order valence-corrected chi connectivity index (χ2v) is 8.06. The van der Waals surface area contributed by atoms with Crippen molar-refractivity contribution in [2.45, 2.75) is 56.0 Å². The molecular formula is C16H24N2O2S. The van der Waals surface area contributed by atoms with Crippen LogP contribution in [0, 0.1) is 0 Å². The van der Waals surface area contributed by atoms with Crippen LogP contribution in [-0.4, -0.2) is 31.9 Å². The Hall–Kier alpha value is -0.910. The largest absolute Gasteiger partial charge is 0.310 e. The summed E-state index contributed by atoms with van der Waals surface area (Å²) in [7, 11) is -3.27. The van der Waals surface area contributed by atoms with Gasteiger partial charge in [0.25, 0.3) is 0 Å². The van der Waals surface area contributed by atoms with E-state index >= 15 is 0 Å². The first-order valence-corrected chi connectivity index (χ1v) is 9.43. The maximum absolute atomic E-state index is 12.4. The number of benzene rings is 1. The van der Waals surface area contributed by atoms with Crippen LogP contribution in [0.25, 0.3) is 0 Å². The molecule has 4 nitrogen and oxygen atoms in total. The fourth-order valence-electron chi connectivity index (χ4n) is 3.25. The first-order valence-electron chi connectivity index (χ1n) is 7.99.